The minimum atomic E-state index is -1.26. The number of hydrogen-bond donors (Lipinski definition) is 1. The van der Waals surface area contributed by atoms with Crippen molar-refractivity contribution >= 4 is 40.8 Å². The van der Waals surface area contributed by atoms with E-state index in [0.29, 0.717) is 15.7 Å². The van der Waals surface area contributed by atoms with E-state index in [4.69, 9.17) is 39.9 Å². The minimum Gasteiger partial charge on any atom is -0.476 e. The molecular formula is C9H4Cl3N3O2. The van der Waals surface area contributed by atoms with Gasteiger partial charge in [0.05, 0.1) is 5.02 Å². The summed E-state index contributed by atoms with van der Waals surface area (Å²) in [6, 6.07) is 4.64. The predicted molar refractivity (Wildman–Crippen MR) is 63.3 cm³/mol. The molecule has 17 heavy (non-hydrogen) atoms. The van der Waals surface area contributed by atoms with Crippen molar-refractivity contribution in [2.75, 3.05) is 0 Å². The summed E-state index contributed by atoms with van der Waals surface area (Å²) in [5.74, 6) is -1.26. The monoisotopic (exact) mass is 291 g/mol. The highest BCUT2D eigenvalue weighted by atomic mass is 35.5. The maximum absolute atomic E-state index is 10.8. The van der Waals surface area contributed by atoms with Crippen molar-refractivity contribution in [2.45, 2.75) is 0 Å². The second-order valence-corrected chi connectivity index (χ2v) is 4.23. The maximum atomic E-state index is 10.8. The van der Waals surface area contributed by atoms with Crippen molar-refractivity contribution in [3.8, 4) is 5.69 Å². The van der Waals surface area contributed by atoms with E-state index in [1.165, 1.54) is 6.07 Å². The number of benzene rings is 1. The summed E-state index contributed by atoms with van der Waals surface area (Å²) in [4.78, 5) is 11.8. The summed E-state index contributed by atoms with van der Waals surface area (Å²) >= 11 is 17.3. The lowest BCUT2D eigenvalue weighted by Gasteiger charge is -2.02. The Morgan fingerprint density at radius 3 is 2.47 bits per heavy atom. The SMILES string of the molecule is O=C(O)c1nn(-c2ccc(Cl)cc2Cl)nc1Cl. The van der Waals surface area contributed by atoms with Gasteiger partial charge in [-0.2, -0.15) is 0 Å². The number of halogens is 3. The molecule has 0 bridgehead atoms. The highest BCUT2D eigenvalue weighted by molar-refractivity contribution is 6.35. The Hall–Kier alpha value is -1.30. The summed E-state index contributed by atoms with van der Waals surface area (Å²) in [5, 5.41) is 16.8. The van der Waals surface area contributed by atoms with Gasteiger partial charge in [0.15, 0.2) is 5.15 Å². The first-order valence-corrected chi connectivity index (χ1v) is 5.44. The predicted octanol–water partition coefficient (Wildman–Crippen LogP) is 2.93. The second kappa shape index (κ2) is 4.52. The van der Waals surface area contributed by atoms with Crippen LogP contribution in [0.1, 0.15) is 10.5 Å². The Balaban J connectivity index is 2.53. The third-order valence-corrected chi connectivity index (χ3v) is 2.69. The molecule has 5 nitrogen and oxygen atoms in total. The summed E-state index contributed by atoms with van der Waals surface area (Å²) in [6.45, 7) is 0. The van der Waals surface area contributed by atoms with E-state index in [-0.39, 0.29) is 10.8 Å². The van der Waals surface area contributed by atoms with Crippen LogP contribution in [0.3, 0.4) is 0 Å². The van der Waals surface area contributed by atoms with Crippen molar-refractivity contribution in [2.24, 2.45) is 0 Å². The highest BCUT2D eigenvalue weighted by Crippen LogP contribution is 2.24. The minimum absolute atomic E-state index is 0.205. The third kappa shape index (κ3) is 2.36. The van der Waals surface area contributed by atoms with Crippen molar-refractivity contribution in [3.05, 3.63) is 39.1 Å². The van der Waals surface area contributed by atoms with E-state index >= 15 is 0 Å². The van der Waals surface area contributed by atoms with Gasteiger partial charge in [-0.1, -0.05) is 34.8 Å². The lowest BCUT2D eigenvalue weighted by molar-refractivity contribution is 0.0690. The zero-order valence-corrected chi connectivity index (χ0v) is 10.3. The van der Waals surface area contributed by atoms with Crippen LogP contribution in [0.5, 0.6) is 0 Å². The molecule has 0 saturated carbocycles. The smallest absolute Gasteiger partial charge is 0.359 e. The number of aromatic carboxylic acids is 1. The molecule has 0 aliphatic rings. The van der Waals surface area contributed by atoms with Crippen molar-refractivity contribution in [1.82, 2.24) is 15.0 Å². The molecule has 88 valence electrons. The van der Waals surface area contributed by atoms with Gasteiger partial charge in [0.1, 0.15) is 5.69 Å². The molecular weight excluding hydrogens is 288 g/mol. The van der Waals surface area contributed by atoms with Crippen molar-refractivity contribution in [1.29, 1.82) is 0 Å². The molecule has 1 aromatic heterocycles. The number of hydrogen-bond acceptors (Lipinski definition) is 3. The average Bonchev–Trinajstić information content (AvgIpc) is 2.60. The van der Waals surface area contributed by atoms with Crippen LogP contribution in [0.4, 0.5) is 0 Å². The number of aromatic nitrogens is 3. The van der Waals surface area contributed by atoms with E-state index in [1.807, 2.05) is 0 Å². The van der Waals surface area contributed by atoms with Crippen LogP contribution >= 0.6 is 34.8 Å². The number of carboxylic acid groups (broad SMARTS) is 1. The van der Waals surface area contributed by atoms with Gasteiger partial charge in [-0.25, -0.2) is 4.79 Å². The van der Waals surface area contributed by atoms with Crippen molar-refractivity contribution in [3.63, 3.8) is 0 Å². The lowest BCUT2D eigenvalue weighted by Crippen LogP contribution is -2.02. The number of carbonyl (C=O) groups is 1. The van der Waals surface area contributed by atoms with Crippen LogP contribution in [0, 0.1) is 0 Å². The first kappa shape index (κ1) is 12.2. The van der Waals surface area contributed by atoms with Crippen LogP contribution < -0.4 is 0 Å². The molecule has 1 N–H and O–H groups in total. The van der Waals surface area contributed by atoms with Gasteiger partial charge in [-0.15, -0.1) is 15.0 Å². The molecule has 8 heteroatoms. The van der Waals surface area contributed by atoms with Gasteiger partial charge < -0.3 is 5.11 Å². The fourth-order valence-electron chi connectivity index (χ4n) is 1.17. The van der Waals surface area contributed by atoms with E-state index in [1.54, 1.807) is 12.1 Å². The van der Waals surface area contributed by atoms with Crippen LogP contribution in [-0.2, 0) is 0 Å². The van der Waals surface area contributed by atoms with Gasteiger partial charge >= 0.3 is 5.97 Å². The van der Waals surface area contributed by atoms with Crippen LogP contribution in [0.25, 0.3) is 5.69 Å². The Bertz CT molecular complexity index is 597. The molecule has 0 atom stereocenters. The summed E-state index contributed by atoms with van der Waals surface area (Å²) in [7, 11) is 0. The molecule has 2 aromatic rings. The lowest BCUT2D eigenvalue weighted by atomic mass is 10.3. The first-order chi connectivity index (χ1) is 7.99. The molecule has 0 radical (unpaired) electrons. The molecule has 0 aliphatic heterocycles. The molecule has 0 saturated heterocycles. The molecule has 2 rings (SSSR count). The standard InChI is InChI=1S/C9H4Cl3N3O2/c10-4-1-2-6(5(11)3-4)15-13-7(9(16)17)8(12)14-15/h1-3H,(H,16,17). The highest BCUT2D eigenvalue weighted by Gasteiger charge is 2.17. The zero-order valence-electron chi connectivity index (χ0n) is 8.06. The van der Waals surface area contributed by atoms with Crippen molar-refractivity contribution < 1.29 is 9.90 Å². The average molecular weight is 293 g/mol. The molecule has 1 aromatic carbocycles. The first-order valence-electron chi connectivity index (χ1n) is 4.30. The second-order valence-electron chi connectivity index (χ2n) is 3.03. The Morgan fingerprint density at radius 1 is 1.24 bits per heavy atom. The molecule has 1 heterocycles. The number of nitrogens with zero attached hydrogens (tertiary/aromatic N) is 3. The third-order valence-electron chi connectivity index (χ3n) is 1.90. The van der Waals surface area contributed by atoms with E-state index in [9.17, 15) is 4.79 Å². The van der Waals surface area contributed by atoms with Crippen LogP contribution in [-0.4, -0.2) is 26.1 Å². The quantitative estimate of drug-likeness (QED) is 0.924. The summed E-state index contributed by atoms with van der Waals surface area (Å²) in [5.41, 5.74) is 0.0585. The number of rotatable bonds is 2. The largest absolute Gasteiger partial charge is 0.476 e. The molecule has 0 unspecified atom stereocenters. The summed E-state index contributed by atoms with van der Waals surface area (Å²) in [6.07, 6.45) is 0. The van der Waals surface area contributed by atoms with E-state index in [2.05, 4.69) is 10.2 Å². The van der Waals surface area contributed by atoms with E-state index < -0.39 is 5.97 Å². The Morgan fingerprint density at radius 2 is 1.94 bits per heavy atom. The normalized spacial score (nSPS) is 10.5. The van der Waals surface area contributed by atoms with Crippen LogP contribution in [0.15, 0.2) is 18.2 Å². The molecule has 0 fully saturated rings. The topological polar surface area (TPSA) is 68.0 Å². The van der Waals surface area contributed by atoms with Gasteiger partial charge in [0, 0.05) is 5.02 Å². The van der Waals surface area contributed by atoms with Gasteiger partial charge in [-0.05, 0) is 18.2 Å². The summed E-state index contributed by atoms with van der Waals surface area (Å²) < 4.78 is 0. The molecule has 0 amide bonds. The molecule has 0 spiro atoms. The Kier molecular flexibility index (Phi) is 3.24. The van der Waals surface area contributed by atoms with Gasteiger partial charge in [-0.3, -0.25) is 0 Å². The fraction of sp³-hybridized carbons (Fsp3) is 0. The maximum Gasteiger partial charge on any atom is 0.359 e. The van der Waals surface area contributed by atoms with Gasteiger partial charge in [0.25, 0.3) is 0 Å². The molecule has 0 aliphatic carbocycles. The Labute approximate surface area is 111 Å². The fourth-order valence-corrected chi connectivity index (χ4v) is 1.85. The zero-order chi connectivity index (χ0) is 12.6. The van der Waals surface area contributed by atoms with Crippen LogP contribution in [0.2, 0.25) is 15.2 Å². The van der Waals surface area contributed by atoms with Gasteiger partial charge in [0.2, 0.25) is 5.69 Å². The number of carboxylic acids is 1. The van der Waals surface area contributed by atoms with E-state index in [0.717, 1.165) is 4.80 Å².